The Morgan fingerprint density at radius 2 is 2.03 bits per heavy atom. The van der Waals surface area contributed by atoms with Crippen LogP contribution in [0.2, 0.25) is 0 Å². The van der Waals surface area contributed by atoms with Crippen molar-refractivity contribution in [1.82, 2.24) is 15.4 Å². The van der Waals surface area contributed by atoms with Gasteiger partial charge in [-0.15, -0.1) is 24.0 Å². The van der Waals surface area contributed by atoms with Crippen LogP contribution < -0.4 is 5.32 Å². The Labute approximate surface area is 198 Å². The van der Waals surface area contributed by atoms with Gasteiger partial charge in [0.1, 0.15) is 0 Å². The summed E-state index contributed by atoms with van der Waals surface area (Å²) in [5.41, 5.74) is 1.06. The molecular formula is C22H39IN4O3. The Morgan fingerprint density at radius 3 is 2.67 bits per heavy atom. The van der Waals surface area contributed by atoms with E-state index in [-0.39, 0.29) is 24.0 Å². The summed E-state index contributed by atoms with van der Waals surface area (Å²) in [6.45, 7) is 8.52. The summed E-state index contributed by atoms with van der Waals surface area (Å²) in [7, 11) is 1.83. The van der Waals surface area contributed by atoms with E-state index in [1.165, 1.54) is 12.8 Å². The van der Waals surface area contributed by atoms with E-state index in [1.54, 1.807) is 0 Å². The van der Waals surface area contributed by atoms with E-state index in [4.69, 9.17) is 14.0 Å². The SMILES string of the molecule is CCC(CC)c1cc(CNC(=NC)N2CCC(OCC3CCCCO3)CC2)on1.I. The Morgan fingerprint density at radius 1 is 1.27 bits per heavy atom. The fourth-order valence-corrected chi connectivity index (χ4v) is 4.23. The number of halogens is 1. The summed E-state index contributed by atoms with van der Waals surface area (Å²) in [5, 5.41) is 7.67. The van der Waals surface area contributed by atoms with Crippen molar-refractivity contribution >= 4 is 29.9 Å². The van der Waals surface area contributed by atoms with Gasteiger partial charge in [-0.2, -0.15) is 0 Å². The smallest absolute Gasteiger partial charge is 0.194 e. The van der Waals surface area contributed by atoms with E-state index in [9.17, 15) is 0 Å². The van der Waals surface area contributed by atoms with E-state index in [0.717, 1.165) is 75.8 Å². The summed E-state index contributed by atoms with van der Waals surface area (Å²) < 4.78 is 17.4. The topological polar surface area (TPSA) is 72.1 Å². The maximum atomic E-state index is 6.12. The minimum atomic E-state index is 0. The molecule has 0 amide bonds. The van der Waals surface area contributed by atoms with Crippen molar-refractivity contribution in [3.8, 4) is 0 Å². The lowest BCUT2D eigenvalue weighted by Crippen LogP contribution is -2.47. The average Bonchev–Trinajstić information content (AvgIpc) is 3.24. The zero-order chi connectivity index (χ0) is 20.5. The van der Waals surface area contributed by atoms with Crippen LogP contribution >= 0.6 is 24.0 Å². The van der Waals surface area contributed by atoms with Crippen molar-refractivity contribution in [2.75, 3.05) is 33.4 Å². The molecule has 0 bridgehead atoms. The molecule has 7 nitrogen and oxygen atoms in total. The molecule has 1 aromatic rings. The summed E-state index contributed by atoms with van der Waals surface area (Å²) >= 11 is 0. The van der Waals surface area contributed by atoms with Crippen LogP contribution in [0.1, 0.15) is 76.2 Å². The van der Waals surface area contributed by atoms with E-state index in [0.29, 0.717) is 24.7 Å². The van der Waals surface area contributed by atoms with Crippen molar-refractivity contribution in [2.24, 2.45) is 4.99 Å². The number of aliphatic imine (C=N–C) groups is 1. The van der Waals surface area contributed by atoms with Gasteiger partial charge in [0, 0.05) is 38.7 Å². The van der Waals surface area contributed by atoms with Crippen molar-refractivity contribution in [3.05, 3.63) is 17.5 Å². The number of hydrogen-bond donors (Lipinski definition) is 1. The first-order valence-corrected chi connectivity index (χ1v) is 11.4. The standard InChI is InChI=1S/C22H38N4O3.HI/c1-4-17(5-2)21-14-20(29-25-21)15-24-22(23-3)26-11-9-18(10-12-26)28-16-19-8-6-7-13-27-19;/h14,17-19H,4-13,15-16H2,1-3H3,(H,23,24);1H. The van der Waals surface area contributed by atoms with Crippen LogP contribution in [-0.2, 0) is 16.0 Å². The molecule has 0 saturated carbocycles. The maximum absolute atomic E-state index is 6.12. The van der Waals surface area contributed by atoms with Crippen LogP contribution in [0, 0.1) is 0 Å². The highest BCUT2D eigenvalue weighted by Crippen LogP contribution is 2.22. The molecule has 3 rings (SSSR count). The van der Waals surface area contributed by atoms with Crippen LogP contribution in [0.15, 0.2) is 15.6 Å². The van der Waals surface area contributed by atoms with Crippen LogP contribution in [0.5, 0.6) is 0 Å². The van der Waals surface area contributed by atoms with E-state index in [2.05, 4.69) is 40.3 Å². The highest BCUT2D eigenvalue weighted by Gasteiger charge is 2.24. The van der Waals surface area contributed by atoms with Crippen LogP contribution in [0.4, 0.5) is 0 Å². The lowest BCUT2D eigenvalue weighted by Gasteiger charge is -2.34. The molecule has 2 fully saturated rings. The third-order valence-electron chi connectivity index (χ3n) is 6.15. The summed E-state index contributed by atoms with van der Waals surface area (Å²) in [6, 6.07) is 2.07. The fraction of sp³-hybridized carbons (Fsp3) is 0.818. The van der Waals surface area contributed by atoms with E-state index in [1.807, 2.05) is 7.05 Å². The number of hydrogen-bond acceptors (Lipinski definition) is 5. The molecule has 8 heteroatoms. The zero-order valence-corrected chi connectivity index (χ0v) is 21.1. The lowest BCUT2D eigenvalue weighted by molar-refractivity contribution is -0.0721. The van der Waals surface area contributed by atoms with Gasteiger partial charge in [-0.3, -0.25) is 4.99 Å². The van der Waals surface area contributed by atoms with E-state index < -0.39 is 0 Å². The monoisotopic (exact) mass is 534 g/mol. The Balaban J connectivity index is 0.00000320. The van der Waals surface area contributed by atoms with Gasteiger partial charge in [-0.25, -0.2) is 0 Å². The molecule has 1 aromatic heterocycles. The summed E-state index contributed by atoms with van der Waals surface area (Å²) in [5.74, 6) is 2.25. The van der Waals surface area contributed by atoms with Gasteiger partial charge in [-0.1, -0.05) is 19.0 Å². The van der Waals surface area contributed by atoms with E-state index >= 15 is 0 Å². The first-order valence-electron chi connectivity index (χ1n) is 11.4. The lowest BCUT2D eigenvalue weighted by atomic mass is 9.99. The summed E-state index contributed by atoms with van der Waals surface area (Å²) in [6.07, 6.45) is 8.42. The van der Waals surface area contributed by atoms with Crippen LogP contribution in [0.3, 0.4) is 0 Å². The second kappa shape index (κ2) is 13.5. The molecule has 0 radical (unpaired) electrons. The molecular weight excluding hydrogens is 495 g/mol. The van der Waals surface area contributed by atoms with Gasteiger partial charge in [0.25, 0.3) is 0 Å². The molecule has 0 aromatic carbocycles. The number of aromatic nitrogens is 1. The molecule has 2 saturated heterocycles. The molecule has 1 atom stereocenters. The third kappa shape index (κ3) is 7.37. The van der Waals surface area contributed by atoms with Gasteiger partial charge < -0.3 is 24.2 Å². The minimum absolute atomic E-state index is 0. The van der Waals surface area contributed by atoms with Crippen molar-refractivity contribution in [1.29, 1.82) is 0 Å². The number of guanidine groups is 1. The van der Waals surface area contributed by atoms with Gasteiger partial charge in [0.05, 0.1) is 31.1 Å². The Kier molecular flexibility index (Phi) is 11.4. The first-order chi connectivity index (χ1) is 14.2. The van der Waals surface area contributed by atoms with Crippen LogP contribution in [0.25, 0.3) is 0 Å². The predicted molar refractivity (Wildman–Crippen MR) is 130 cm³/mol. The molecule has 2 aliphatic heterocycles. The Hall–Kier alpha value is -0.870. The number of nitrogens with one attached hydrogen (secondary N) is 1. The number of likely N-dealkylation sites (tertiary alicyclic amines) is 1. The molecule has 172 valence electrons. The number of ether oxygens (including phenoxy) is 2. The van der Waals surface area contributed by atoms with Gasteiger partial charge in [-0.05, 0) is 44.9 Å². The second-order valence-electron chi connectivity index (χ2n) is 8.14. The average molecular weight is 534 g/mol. The Bertz CT molecular complexity index is 622. The quantitative estimate of drug-likeness (QED) is 0.304. The maximum Gasteiger partial charge on any atom is 0.194 e. The fourth-order valence-electron chi connectivity index (χ4n) is 4.23. The minimum Gasteiger partial charge on any atom is -0.376 e. The zero-order valence-electron chi connectivity index (χ0n) is 18.8. The summed E-state index contributed by atoms with van der Waals surface area (Å²) in [4.78, 5) is 6.75. The van der Waals surface area contributed by atoms with Crippen molar-refractivity contribution < 1.29 is 14.0 Å². The molecule has 2 aliphatic rings. The van der Waals surface area contributed by atoms with Crippen LogP contribution in [-0.4, -0.2) is 61.6 Å². The third-order valence-corrected chi connectivity index (χ3v) is 6.15. The largest absolute Gasteiger partial charge is 0.376 e. The normalized spacial score (nSPS) is 21.0. The highest BCUT2D eigenvalue weighted by atomic mass is 127. The molecule has 1 N–H and O–H groups in total. The molecule has 3 heterocycles. The molecule has 0 aliphatic carbocycles. The van der Waals surface area contributed by atoms with Crippen molar-refractivity contribution in [3.63, 3.8) is 0 Å². The van der Waals surface area contributed by atoms with Gasteiger partial charge in [0.15, 0.2) is 11.7 Å². The predicted octanol–water partition coefficient (Wildman–Crippen LogP) is 4.32. The first kappa shape index (κ1) is 25.4. The number of piperidine rings is 1. The van der Waals surface area contributed by atoms with Crippen molar-refractivity contribution in [2.45, 2.75) is 83.5 Å². The molecule has 30 heavy (non-hydrogen) atoms. The number of rotatable bonds is 8. The molecule has 1 unspecified atom stereocenters. The number of nitrogens with zero attached hydrogens (tertiary/aromatic N) is 3. The second-order valence-corrected chi connectivity index (χ2v) is 8.14. The van der Waals surface area contributed by atoms with Gasteiger partial charge >= 0.3 is 0 Å². The highest BCUT2D eigenvalue weighted by molar-refractivity contribution is 14.0. The van der Waals surface area contributed by atoms with Gasteiger partial charge in [0.2, 0.25) is 0 Å². The molecule has 0 spiro atoms.